The third-order valence-corrected chi connectivity index (χ3v) is 3.76. The van der Waals surface area contributed by atoms with Gasteiger partial charge in [0.05, 0.1) is 6.26 Å². The highest BCUT2D eigenvalue weighted by molar-refractivity contribution is 5.97. The summed E-state index contributed by atoms with van der Waals surface area (Å²) in [6.07, 6.45) is 3.70. The van der Waals surface area contributed by atoms with Crippen LogP contribution in [0.4, 0.5) is 0 Å². The van der Waals surface area contributed by atoms with Gasteiger partial charge in [-0.05, 0) is 32.4 Å². The Balaban J connectivity index is 1.69. The lowest BCUT2D eigenvalue weighted by atomic mass is 10.0. The molecule has 1 heterocycles. The Hall–Kier alpha value is -2.36. The van der Waals surface area contributed by atoms with Crippen LogP contribution < -0.4 is 5.32 Å². The fraction of sp³-hybridized carbons (Fsp3) is 0.368. The number of nitrogens with one attached hydrogen (secondary N) is 1. The van der Waals surface area contributed by atoms with Gasteiger partial charge in [0.25, 0.3) is 0 Å². The average molecular weight is 313 g/mol. The van der Waals surface area contributed by atoms with Crippen molar-refractivity contribution in [2.75, 3.05) is 0 Å². The van der Waals surface area contributed by atoms with Gasteiger partial charge in [0.2, 0.25) is 5.91 Å². The van der Waals surface area contributed by atoms with Crippen LogP contribution in [-0.4, -0.2) is 17.7 Å². The maximum atomic E-state index is 12.0. The minimum absolute atomic E-state index is 0.00314. The normalized spacial score (nSPS) is 11.9. The molecule has 0 spiro atoms. The van der Waals surface area contributed by atoms with Gasteiger partial charge in [-0.3, -0.25) is 9.59 Å². The van der Waals surface area contributed by atoms with E-state index in [-0.39, 0.29) is 30.6 Å². The van der Waals surface area contributed by atoms with Crippen molar-refractivity contribution in [3.63, 3.8) is 0 Å². The Morgan fingerprint density at radius 1 is 1.13 bits per heavy atom. The number of amides is 1. The van der Waals surface area contributed by atoms with Crippen LogP contribution in [0.15, 0.2) is 47.1 Å². The minimum Gasteiger partial charge on any atom is -0.469 e. The van der Waals surface area contributed by atoms with E-state index in [4.69, 9.17) is 4.42 Å². The second-order valence-corrected chi connectivity index (χ2v) is 5.88. The zero-order valence-corrected chi connectivity index (χ0v) is 13.7. The lowest BCUT2D eigenvalue weighted by Crippen LogP contribution is -2.33. The van der Waals surface area contributed by atoms with Crippen LogP contribution in [0.2, 0.25) is 0 Å². The Labute approximate surface area is 136 Å². The van der Waals surface area contributed by atoms with Crippen LogP contribution in [0, 0.1) is 6.92 Å². The third-order valence-electron chi connectivity index (χ3n) is 3.76. The van der Waals surface area contributed by atoms with Gasteiger partial charge >= 0.3 is 0 Å². The molecule has 1 atom stereocenters. The first-order valence-corrected chi connectivity index (χ1v) is 7.96. The maximum Gasteiger partial charge on any atom is 0.220 e. The fourth-order valence-corrected chi connectivity index (χ4v) is 2.34. The average Bonchev–Trinajstić information content (AvgIpc) is 3.05. The molecule has 2 rings (SSSR count). The minimum atomic E-state index is -0.0857. The molecule has 122 valence electrons. The zero-order valence-electron chi connectivity index (χ0n) is 13.7. The van der Waals surface area contributed by atoms with Crippen molar-refractivity contribution in [1.29, 1.82) is 0 Å². The highest BCUT2D eigenvalue weighted by Gasteiger charge is 2.12. The van der Waals surface area contributed by atoms with E-state index in [0.29, 0.717) is 5.56 Å². The molecule has 0 aliphatic carbocycles. The molecular formula is C19H23NO3. The van der Waals surface area contributed by atoms with E-state index in [1.807, 2.05) is 50.2 Å². The topological polar surface area (TPSA) is 59.3 Å². The lowest BCUT2D eigenvalue weighted by Gasteiger charge is -2.13. The first-order valence-electron chi connectivity index (χ1n) is 7.96. The Morgan fingerprint density at radius 3 is 2.52 bits per heavy atom. The van der Waals surface area contributed by atoms with Crippen molar-refractivity contribution in [1.82, 2.24) is 5.32 Å². The van der Waals surface area contributed by atoms with Gasteiger partial charge in [0, 0.05) is 30.9 Å². The van der Waals surface area contributed by atoms with E-state index in [1.165, 1.54) is 0 Å². The number of Topliss-reactive ketones (excluding diaryl/α,β-unsaturated/α-hetero) is 1. The van der Waals surface area contributed by atoms with E-state index in [2.05, 4.69) is 5.32 Å². The van der Waals surface area contributed by atoms with Crippen molar-refractivity contribution in [3.05, 3.63) is 59.5 Å². The van der Waals surface area contributed by atoms with E-state index >= 15 is 0 Å². The summed E-state index contributed by atoms with van der Waals surface area (Å²) in [6.45, 7) is 3.94. The van der Waals surface area contributed by atoms with Gasteiger partial charge in [-0.15, -0.1) is 0 Å². The van der Waals surface area contributed by atoms with Crippen molar-refractivity contribution in [2.45, 2.75) is 45.6 Å². The molecule has 0 fully saturated rings. The van der Waals surface area contributed by atoms with Crippen molar-refractivity contribution in [3.8, 4) is 0 Å². The number of rotatable bonds is 8. The van der Waals surface area contributed by atoms with Crippen LogP contribution in [0.5, 0.6) is 0 Å². The van der Waals surface area contributed by atoms with Crippen LogP contribution in [0.25, 0.3) is 0 Å². The predicted molar refractivity (Wildman–Crippen MR) is 89.4 cm³/mol. The molecule has 0 aliphatic heterocycles. The van der Waals surface area contributed by atoms with Crippen molar-refractivity contribution < 1.29 is 14.0 Å². The number of hydrogen-bond acceptors (Lipinski definition) is 3. The highest BCUT2D eigenvalue weighted by atomic mass is 16.3. The number of carbonyl (C=O) groups is 2. The SMILES string of the molecule is Cc1ccc(C(=O)CCC(=O)N[C@@H](C)CCc2ccco2)cc1. The summed E-state index contributed by atoms with van der Waals surface area (Å²) in [4.78, 5) is 24.0. The van der Waals surface area contributed by atoms with Gasteiger partial charge < -0.3 is 9.73 Å². The van der Waals surface area contributed by atoms with E-state index in [0.717, 1.165) is 24.2 Å². The van der Waals surface area contributed by atoms with Crippen molar-refractivity contribution >= 4 is 11.7 Å². The summed E-state index contributed by atoms with van der Waals surface area (Å²) in [5, 5.41) is 2.93. The number of hydrogen-bond donors (Lipinski definition) is 1. The summed E-state index contributed by atoms with van der Waals surface area (Å²) >= 11 is 0. The summed E-state index contributed by atoms with van der Waals surface area (Å²) in [7, 11) is 0. The van der Waals surface area contributed by atoms with Crippen LogP contribution in [-0.2, 0) is 11.2 Å². The fourth-order valence-electron chi connectivity index (χ4n) is 2.34. The van der Waals surface area contributed by atoms with E-state index < -0.39 is 0 Å². The van der Waals surface area contributed by atoms with Crippen LogP contribution in [0.1, 0.15) is 47.9 Å². The molecule has 1 aromatic carbocycles. The second-order valence-electron chi connectivity index (χ2n) is 5.88. The molecule has 4 nitrogen and oxygen atoms in total. The van der Waals surface area contributed by atoms with Gasteiger partial charge in [-0.25, -0.2) is 0 Å². The van der Waals surface area contributed by atoms with E-state index in [1.54, 1.807) is 6.26 Å². The maximum absolute atomic E-state index is 12.0. The van der Waals surface area contributed by atoms with Gasteiger partial charge in [0.15, 0.2) is 5.78 Å². The van der Waals surface area contributed by atoms with Gasteiger partial charge in [-0.1, -0.05) is 29.8 Å². The first kappa shape index (κ1) is 17.0. The highest BCUT2D eigenvalue weighted by Crippen LogP contribution is 2.09. The van der Waals surface area contributed by atoms with Crippen LogP contribution in [0.3, 0.4) is 0 Å². The molecular weight excluding hydrogens is 290 g/mol. The number of furan rings is 1. The number of aryl methyl sites for hydroxylation is 2. The molecule has 0 saturated heterocycles. The standard InChI is InChI=1S/C19H23NO3/c1-14-5-8-16(9-6-14)18(21)11-12-19(22)20-15(2)7-10-17-4-3-13-23-17/h3-6,8-9,13,15H,7,10-12H2,1-2H3,(H,20,22)/t15-/m0/s1. The Bertz CT molecular complexity index is 629. The monoisotopic (exact) mass is 313 g/mol. The largest absolute Gasteiger partial charge is 0.469 e. The molecule has 1 amide bonds. The molecule has 0 saturated carbocycles. The van der Waals surface area contributed by atoms with Gasteiger partial charge in [0.1, 0.15) is 5.76 Å². The summed E-state index contributed by atoms with van der Waals surface area (Å²) in [5.74, 6) is 0.835. The number of carbonyl (C=O) groups excluding carboxylic acids is 2. The smallest absolute Gasteiger partial charge is 0.220 e. The number of ketones is 1. The molecule has 2 aromatic rings. The Morgan fingerprint density at radius 2 is 1.87 bits per heavy atom. The predicted octanol–water partition coefficient (Wildman–Crippen LogP) is 3.69. The molecule has 4 heteroatoms. The molecule has 0 aliphatic rings. The second kappa shape index (κ2) is 8.32. The van der Waals surface area contributed by atoms with E-state index in [9.17, 15) is 9.59 Å². The molecule has 1 N–H and O–H groups in total. The third kappa shape index (κ3) is 5.74. The lowest BCUT2D eigenvalue weighted by molar-refractivity contribution is -0.121. The summed E-state index contributed by atoms with van der Waals surface area (Å²) in [6, 6.07) is 11.3. The summed E-state index contributed by atoms with van der Waals surface area (Å²) < 4.78 is 5.27. The first-order chi connectivity index (χ1) is 11.0. The van der Waals surface area contributed by atoms with Crippen molar-refractivity contribution in [2.24, 2.45) is 0 Å². The summed E-state index contributed by atoms with van der Waals surface area (Å²) in [5.41, 5.74) is 1.78. The zero-order chi connectivity index (χ0) is 16.7. The van der Waals surface area contributed by atoms with Gasteiger partial charge in [-0.2, -0.15) is 0 Å². The molecule has 0 radical (unpaired) electrons. The molecule has 0 bridgehead atoms. The Kier molecular flexibility index (Phi) is 6.15. The molecule has 0 unspecified atom stereocenters. The molecule has 23 heavy (non-hydrogen) atoms. The number of benzene rings is 1. The van der Waals surface area contributed by atoms with Crippen LogP contribution >= 0.6 is 0 Å². The quantitative estimate of drug-likeness (QED) is 0.756. The molecule has 1 aromatic heterocycles.